The Morgan fingerprint density at radius 3 is 2.31 bits per heavy atom. The molecule has 25 heteroatoms. The van der Waals surface area contributed by atoms with Gasteiger partial charge in [0.15, 0.2) is 41.3 Å². The van der Waals surface area contributed by atoms with E-state index in [0.29, 0.717) is 25.5 Å². The number of rotatable bonds is 20. The Labute approximate surface area is 352 Å². The van der Waals surface area contributed by atoms with Crippen molar-refractivity contribution >= 4 is 58.3 Å². The van der Waals surface area contributed by atoms with E-state index < -0.39 is 74.0 Å². The molecule has 0 saturated carbocycles. The van der Waals surface area contributed by atoms with E-state index in [2.05, 4.69) is 33.8 Å². The minimum atomic E-state index is -4.32. The molecule has 61 heavy (non-hydrogen) atoms. The lowest BCUT2D eigenvalue weighted by atomic mass is 10.1. The molecule has 1 unspecified atom stereocenters. The Morgan fingerprint density at radius 2 is 1.64 bits per heavy atom. The molecule has 2 aliphatic rings. The van der Waals surface area contributed by atoms with E-state index >= 15 is 4.39 Å². The maximum absolute atomic E-state index is 16.0. The average molecular weight is 892 g/mol. The van der Waals surface area contributed by atoms with Gasteiger partial charge in [0.05, 0.1) is 37.4 Å². The maximum atomic E-state index is 16.0. The van der Waals surface area contributed by atoms with Gasteiger partial charge in [-0.1, -0.05) is 38.8 Å². The molecule has 2 aliphatic heterocycles. The van der Waals surface area contributed by atoms with Gasteiger partial charge in [0.2, 0.25) is 11.8 Å². The number of nitrogens with two attached hydrogens (primary N) is 1. The van der Waals surface area contributed by atoms with Crippen LogP contribution in [0.1, 0.15) is 57.6 Å². The minimum absolute atomic E-state index is 0.0236. The van der Waals surface area contributed by atoms with Gasteiger partial charge in [-0.25, -0.2) is 24.3 Å². The van der Waals surface area contributed by atoms with Gasteiger partial charge in [-0.05, 0) is 30.2 Å². The van der Waals surface area contributed by atoms with Crippen LogP contribution in [-0.4, -0.2) is 134 Å². The number of benzene rings is 1. The number of hydrogen-bond acceptors (Lipinski definition) is 19. The van der Waals surface area contributed by atoms with Crippen molar-refractivity contribution in [2.24, 2.45) is 0 Å². The molecule has 0 aliphatic carbocycles. The number of hydrogen-bond donors (Lipinski definition) is 5. The lowest BCUT2D eigenvalue weighted by molar-refractivity contribution is -0.384. The standard InChI is InChI=1S/C36H47FN11O11PS/c1-3-5-12-45(13-6-4-2)36-43-32-26(33(44-36)55-14-11-20-7-9-21(10-8-20)48(52)53)42-19-47(32)35-28(51)27(50)23(58-35)16-56-60(54,61)59-29-22(15-49)57-34(24(29)37)46-18-41-25-30(38)39-17-40-31(25)46/h7-10,17-19,22-24,27-29,34-35,49-51H,3-6,11-16H2,1-2H3,(H,54,61)(H2,38,39,40)/t22-,23-,24-,27-,28-,29-,34-,35-,60?/m1/s1. The van der Waals surface area contributed by atoms with Gasteiger partial charge in [0.25, 0.3) is 5.69 Å². The minimum Gasteiger partial charge on any atom is -0.476 e. The van der Waals surface area contributed by atoms with Crippen molar-refractivity contribution in [3.05, 3.63) is 58.9 Å². The fourth-order valence-electron chi connectivity index (χ4n) is 7.06. The Morgan fingerprint density at radius 1 is 0.967 bits per heavy atom. The Bertz CT molecular complexity index is 2340. The van der Waals surface area contributed by atoms with E-state index in [0.717, 1.165) is 31.2 Å². The summed E-state index contributed by atoms with van der Waals surface area (Å²) in [4.78, 5) is 50.0. The van der Waals surface area contributed by atoms with Crippen LogP contribution >= 0.6 is 6.72 Å². The highest BCUT2D eigenvalue weighted by atomic mass is 32.5. The number of halogens is 1. The average Bonchev–Trinajstić information content (AvgIpc) is 4.01. The molecule has 6 N–H and O–H groups in total. The van der Waals surface area contributed by atoms with Crippen LogP contribution in [0.3, 0.4) is 0 Å². The van der Waals surface area contributed by atoms with Gasteiger partial charge in [0.1, 0.15) is 42.4 Å². The molecule has 0 bridgehead atoms. The quantitative estimate of drug-likeness (QED) is 0.0426. The highest BCUT2D eigenvalue weighted by Crippen LogP contribution is 2.50. The number of aliphatic hydroxyl groups excluding tert-OH is 3. The van der Waals surface area contributed by atoms with E-state index in [9.17, 15) is 30.3 Å². The SMILES string of the molecule is CCCCN(CCCC)c1nc(OCCc2ccc([N+](=O)[O-])cc2)c2ncn([C@@H]3O[C@H](COP(O)(=S)O[C@H]4[C@@H](F)[C@H](n5cnc6c(N)ncnc65)O[C@@H]4CO)[C@@H](O)[C@H]3O)c2n1. The summed E-state index contributed by atoms with van der Waals surface area (Å²) < 4.78 is 47.8. The van der Waals surface area contributed by atoms with Crippen molar-refractivity contribution < 1.29 is 52.8 Å². The number of unbranched alkanes of at least 4 members (excludes halogenated alkanes) is 2. The number of non-ortho nitro benzene ring substituents is 1. The summed E-state index contributed by atoms with van der Waals surface area (Å²) in [6.45, 7) is 0.0130. The second kappa shape index (κ2) is 19.2. The first-order valence-electron chi connectivity index (χ1n) is 19.7. The third kappa shape index (κ3) is 9.57. The summed E-state index contributed by atoms with van der Waals surface area (Å²) in [5, 5.41) is 43.6. The summed E-state index contributed by atoms with van der Waals surface area (Å²) in [5.41, 5.74) is 7.51. The molecule has 1 aromatic carbocycles. The number of alkyl halides is 1. The first kappa shape index (κ1) is 44.4. The van der Waals surface area contributed by atoms with Crippen molar-refractivity contribution in [1.82, 2.24) is 39.0 Å². The van der Waals surface area contributed by atoms with Gasteiger partial charge >= 0.3 is 6.72 Å². The highest BCUT2D eigenvalue weighted by Gasteiger charge is 2.50. The van der Waals surface area contributed by atoms with Gasteiger partial charge in [-0.15, -0.1) is 0 Å². The van der Waals surface area contributed by atoms with Crippen LogP contribution < -0.4 is 15.4 Å². The van der Waals surface area contributed by atoms with Crippen molar-refractivity contribution in [2.75, 3.05) is 43.5 Å². The molecule has 7 rings (SSSR count). The number of ether oxygens (including phenoxy) is 3. The summed E-state index contributed by atoms with van der Waals surface area (Å²) in [6, 6.07) is 6.15. The van der Waals surface area contributed by atoms with Gasteiger partial charge in [-0.2, -0.15) is 9.97 Å². The third-order valence-electron chi connectivity index (χ3n) is 10.4. The molecule has 22 nitrogen and oxygen atoms in total. The Kier molecular flexibility index (Phi) is 14.0. The van der Waals surface area contributed by atoms with Gasteiger partial charge in [0, 0.05) is 31.6 Å². The number of imidazole rings is 2. The number of nitrogens with zero attached hydrogens (tertiary/aromatic N) is 10. The van der Waals surface area contributed by atoms with Crippen LogP contribution in [0.4, 0.5) is 21.8 Å². The number of fused-ring (bicyclic) bond motifs is 2. The first-order chi connectivity index (χ1) is 29.3. The number of aromatic nitrogens is 8. The summed E-state index contributed by atoms with van der Waals surface area (Å²) in [6.07, 6.45) is -4.13. The third-order valence-corrected chi connectivity index (χ3v) is 11.9. The van der Waals surface area contributed by atoms with Crippen LogP contribution in [0.25, 0.3) is 22.3 Å². The van der Waals surface area contributed by atoms with Gasteiger partial charge in [-0.3, -0.25) is 23.8 Å². The monoisotopic (exact) mass is 891 g/mol. The Balaban J connectivity index is 1.07. The van der Waals surface area contributed by atoms with Crippen LogP contribution in [0.2, 0.25) is 0 Å². The first-order valence-corrected chi connectivity index (χ1v) is 22.3. The molecule has 9 atom stereocenters. The van der Waals surface area contributed by atoms with Crippen LogP contribution in [0.5, 0.6) is 5.88 Å². The predicted molar refractivity (Wildman–Crippen MR) is 219 cm³/mol. The zero-order chi connectivity index (χ0) is 43.4. The number of aliphatic hydroxyl groups is 3. The van der Waals surface area contributed by atoms with E-state index in [1.165, 1.54) is 40.2 Å². The molecule has 0 radical (unpaired) electrons. The normalized spacial score (nSPS) is 25.0. The second-order valence-electron chi connectivity index (χ2n) is 14.5. The molecule has 4 aromatic heterocycles. The van der Waals surface area contributed by atoms with E-state index in [1.807, 2.05) is 4.90 Å². The fourth-order valence-corrected chi connectivity index (χ4v) is 8.50. The zero-order valence-electron chi connectivity index (χ0n) is 33.2. The van der Waals surface area contributed by atoms with Crippen molar-refractivity contribution in [3.8, 4) is 5.88 Å². The van der Waals surface area contributed by atoms with Crippen molar-refractivity contribution in [2.45, 2.75) is 95.1 Å². The smallest absolute Gasteiger partial charge is 0.325 e. The van der Waals surface area contributed by atoms with Crippen molar-refractivity contribution in [1.29, 1.82) is 0 Å². The second-order valence-corrected chi connectivity index (χ2v) is 17.3. The molecular weight excluding hydrogens is 845 g/mol. The summed E-state index contributed by atoms with van der Waals surface area (Å²) >= 11 is 5.22. The summed E-state index contributed by atoms with van der Waals surface area (Å²) in [7, 11) is 0. The molecule has 0 spiro atoms. The molecule has 2 fully saturated rings. The number of nitrogen functional groups attached to an aromatic ring is 1. The fraction of sp³-hybridized carbons (Fsp3) is 0.556. The number of nitro benzene ring substituents is 1. The zero-order valence-corrected chi connectivity index (χ0v) is 34.9. The van der Waals surface area contributed by atoms with Crippen LogP contribution in [0.15, 0.2) is 43.2 Å². The molecule has 6 heterocycles. The Hall–Kier alpha value is -4.62. The molecular formula is C36H47FN11O11PS. The lowest BCUT2D eigenvalue weighted by Crippen LogP contribution is -2.35. The summed E-state index contributed by atoms with van der Waals surface area (Å²) in [5.74, 6) is 0.584. The van der Waals surface area contributed by atoms with Crippen LogP contribution in [-0.2, 0) is 36.7 Å². The van der Waals surface area contributed by atoms with E-state index in [4.69, 9.17) is 50.8 Å². The maximum Gasteiger partial charge on any atom is 0.325 e. The molecule has 2 saturated heterocycles. The highest BCUT2D eigenvalue weighted by molar-refractivity contribution is 8.07. The molecule has 5 aromatic rings. The molecule has 330 valence electrons. The molecule has 0 amide bonds. The number of nitro groups is 1. The van der Waals surface area contributed by atoms with Gasteiger partial charge < -0.3 is 49.6 Å². The number of anilines is 2. The predicted octanol–water partition coefficient (Wildman–Crippen LogP) is 2.65. The largest absolute Gasteiger partial charge is 0.476 e. The topological polar surface area (TPSA) is 287 Å². The van der Waals surface area contributed by atoms with E-state index in [-0.39, 0.29) is 46.3 Å². The van der Waals surface area contributed by atoms with E-state index in [1.54, 1.807) is 12.1 Å². The lowest BCUT2D eigenvalue weighted by Gasteiger charge is -2.25. The van der Waals surface area contributed by atoms with Crippen molar-refractivity contribution in [3.63, 3.8) is 0 Å². The van der Waals surface area contributed by atoms with Crippen LogP contribution in [0, 0.1) is 10.1 Å².